The number of hydrogen-bond acceptors (Lipinski definition) is 3. The monoisotopic (exact) mass is 709 g/mol. The first-order valence-corrected chi connectivity index (χ1v) is 19.3. The maximum absolute atomic E-state index is 6.10. The number of hydrogen-bond donors (Lipinski definition) is 0. The minimum Gasteiger partial charge on any atom is -0.436 e. The van der Waals surface area contributed by atoms with Crippen molar-refractivity contribution < 1.29 is 4.42 Å². The highest BCUT2D eigenvalue weighted by Gasteiger charge is 2.22. The van der Waals surface area contributed by atoms with Crippen LogP contribution >= 0.6 is 11.3 Å². The molecule has 7 aromatic carbocycles. The molecule has 1 aliphatic rings. The van der Waals surface area contributed by atoms with E-state index < -0.39 is 0 Å². The van der Waals surface area contributed by atoms with Crippen molar-refractivity contribution in [1.29, 1.82) is 0 Å². The summed E-state index contributed by atoms with van der Waals surface area (Å²) in [5.74, 6) is 0.676. The average Bonchev–Trinajstić information content (AvgIpc) is 4.00. The van der Waals surface area contributed by atoms with Crippen LogP contribution in [0.25, 0.3) is 97.3 Å². The zero-order valence-electron chi connectivity index (χ0n) is 29.1. The molecule has 0 saturated heterocycles. The van der Waals surface area contributed by atoms with Gasteiger partial charge in [-0.05, 0) is 78.2 Å². The molecule has 1 unspecified atom stereocenters. The molecule has 0 radical (unpaired) electrons. The molecule has 4 aromatic heterocycles. The molecule has 0 aliphatic heterocycles. The van der Waals surface area contributed by atoms with Crippen molar-refractivity contribution in [1.82, 2.24) is 14.1 Å². The van der Waals surface area contributed by atoms with E-state index >= 15 is 0 Å². The molecule has 54 heavy (non-hydrogen) atoms. The number of allylic oxidation sites excluding steroid dienone is 4. The van der Waals surface area contributed by atoms with Crippen LogP contribution in [0.4, 0.5) is 0 Å². The Hall–Kier alpha value is -6.69. The molecule has 254 valence electrons. The van der Waals surface area contributed by atoms with Crippen LogP contribution in [0.5, 0.6) is 0 Å². The third-order valence-electron chi connectivity index (χ3n) is 11.3. The van der Waals surface area contributed by atoms with E-state index in [1.807, 2.05) is 35.6 Å². The van der Waals surface area contributed by atoms with Crippen molar-refractivity contribution in [2.45, 2.75) is 12.5 Å². The fourth-order valence-electron chi connectivity index (χ4n) is 8.80. The Labute approximate surface area is 314 Å². The van der Waals surface area contributed by atoms with E-state index in [2.05, 4.69) is 155 Å². The van der Waals surface area contributed by atoms with E-state index in [9.17, 15) is 0 Å². The van der Waals surface area contributed by atoms with E-state index in [0.29, 0.717) is 5.89 Å². The average molecular weight is 710 g/mol. The van der Waals surface area contributed by atoms with Crippen molar-refractivity contribution in [2.75, 3.05) is 0 Å². The quantitative estimate of drug-likeness (QED) is 0.182. The standard InChI is InChI=1S/C49H31N3OS/c1-2-10-33(11-3-1)52-44-27-21-32(29-40(44)37-24-25-38-36-13-5-9-17-46(36)54-48(38)47(37)52)31-20-26-43-39(28-31)35-12-4-7-15-42(35)51(43)34-22-18-30(19-23-34)49-50-41-14-6-8-16-45(41)53-49/h1-22,24-29,34H,23H2. The number of oxazole rings is 1. The molecule has 1 atom stereocenters. The first kappa shape index (κ1) is 29.8. The van der Waals surface area contributed by atoms with Gasteiger partial charge in [-0.1, -0.05) is 109 Å². The molecule has 4 heterocycles. The number of nitrogens with zero attached hydrogens (tertiary/aromatic N) is 3. The summed E-state index contributed by atoms with van der Waals surface area (Å²) in [5.41, 5.74) is 11.3. The van der Waals surface area contributed by atoms with Crippen LogP contribution in [0.2, 0.25) is 0 Å². The molecule has 12 rings (SSSR count). The SMILES string of the molecule is C1=CC(n2c3ccccc3c3cc(-c4ccc5c(c4)c4ccc6c7ccccc7sc6c4n5-c4ccccc4)ccc32)CC=C1c1nc2ccccc2o1. The lowest BCUT2D eigenvalue weighted by atomic mass is 10.00. The topological polar surface area (TPSA) is 35.9 Å². The second-order valence-corrected chi connectivity index (χ2v) is 15.3. The van der Waals surface area contributed by atoms with Crippen molar-refractivity contribution in [3.05, 3.63) is 176 Å². The highest BCUT2D eigenvalue weighted by molar-refractivity contribution is 7.26. The summed E-state index contributed by atoms with van der Waals surface area (Å²) < 4.78 is 13.7. The minimum atomic E-state index is 0.178. The Morgan fingerprint density at radius 2 is 1.30 bits per heavy atom. The van der Waals surface area contributed by atoms with Crippen molar-refractivity contribution in [2.24, 2.45) is 0 Å². The van der Waals surface area contributed by atoms with Crippen molar-refractivity contribution in [3.8, 4) is 16.8 Å². The van der Waals surface area contributed by atoms with E-state index in [0.717, 1.165) is 23.1 Å². The Morgan fingerprint density at radius 1 is 0.593 bits per heavy atom. The Kier molecular flexibility index (Phi) is 6.30. The van der Waals surface area contributed by atoms with Crippen LogP contribution < -0.4 is 0 Å². The summed E-state index contributed by atoms with van der Waals surface area (Å²) in [4.78, 5) is 4.74. The van der Waals surface area contributed by atoms with Gasteiger partial charge in [-0.3, -0.25) is 0 Å². The third kappa shape index (κ3) is 4.33. The fraction of sp³-hybridized carbons (Fsp3) is 0.0408. The van der Waals surface area contributed by atoms with Gasteiger partial charge < -0.3 is 13.6 Å². The molecule has 4 nitrogen and oxygen atoms in total. The van der Waals surface area contributed by atoms with E-state index in [4.69, 9.17) is 9.40 Å². The molecule has 0 fully saturated rings. The zero-order valence-corrected chi connectivity index (χ0v) is 29.9. The lowest BCUT2D eigenvalue weighted by Crippen LogP contribution is -2.08. The summed E-state index contributed by atoms with van der Waals surface area (Å²) in [7, 11) is 0. The smallest absolute Gasteiger partial charge is 0.226 e. The molecule has 11 aromatic rings. The highest BCUT2D eigenvalue weighted by Crippen LogP contribution is 2.44. The Morgan fingerprint density at radius 3 is 2.13 bits per heavy atom. The van der Waals surface area contributed by atoms with Crippen LogP contribution in [-0.2, 0) is 0 Å². The van der Waals surface area contributed by atoms with Crippen LogP contribution in [-0.4, -0.2) is 14.1 Å². The van der Waals surface area contributed by atoms with Gasteiger partial charge in [0.2, 0.25) is 5.89 Å². The molecule has 0 N–H and O–H groups in total. The van der Waals surface area contributed by atoms with Gasteiger partial charge in [-0.25, -0.2) is 4.98 Å². The molecule has 0 bridgehead atoms. The van der Waals surface area contributed by atoms with Gasteiger partial charge >= 0.3 is 0 Å². The number of aromatic nitrogens is 3. The molecular formula is C49H31N3OS. The lowest BCUT2D eigenvalue weighted by molar-refractivity contribution is 0.582. The summed E-state index contributed by atoms with van der Waals surface area (Å²) in [6.07, 6.45) is 7.59. The summed E-state index contributed by atoms with van der Waals surface area (Å²) in [6.45, 7) is 0. The second-order valence-electron chi connectivity index (χ2n) is 14.3. The number of benzene rings is 7. The molecule has 5 heteroatoms. The first-order chi connectivity index (χ1) is 26.8. The molecular weight excluding hydrogens is 679 g/mol. The number of rotatable bonds is 4. The number of fused-ring (bicyclic) bond motifs is 11. The summed E-state index contributed by atoms with van der Waals surface area (Å²) in [6, 6.07) is 55.2. The number of para-hydroxylation sites is 4. The van der Waals surface area contributed by atoms with Gasteiger partial charge in [0.25, 0.3) is 0 Å². The molecule has 0 spiro atoms. The van der Waals surface area contributed by atoms with E-state index in [1.165, 1.54) is 80.6 Å². The van der Waals surface area contributed by atoms with Gasteiger partial charge in [0.15, 0.2) is 5.58 Å². The maximum Gasteiger partial charge on any atom is 0.226 e. The molecule has 0 amide bonds. The van der Waals surface area contributed by atoms with Crippen molar-refractivity contribution >= 4 is 91.8 Å². The molecule has 0 saturated carbocycles. The van der Waals surface area contributed by atoms with E-state index in [-0.39, 0.29) is 6.04 Å². The Bertz CT molecular complexity index is 3340. The fourth-order valence-corrected chi connectivity index (χ4v) is 10.0. The van der Waals surface area contributed by atoms with Crippen LogP contribution in [0.3, 0.4) is 0 Å². The zero-order chi connectivity index (χ0) is 35.3. The van der Waals surface area contributed by atoms with Gasteiger partial charge in [0, 0.05) is 59.3 Å². The third-order valence-corrected chi connectivity index (χ3v) is 12.5. The first-order valence-electron chi connectivity index (χ1n) is 18.5. The largest absolute Gasteiger partial charge is 0.436 e. The van der Waals surface area contributed by atoms with Gasteiger partial charge in [-0.15, -0.1) is 11.3 Å². The predicted molar refractivity (Wildman–Crippen MR) is 227 cm³/mol. The van der Waals surface area contributed by atoms with Gasteiger partial charge in [0.1, 0.15) is 5.52 Å². The second kappa shape index (κ2) is 11.4. The van der Waals surface area contributed by atoms with Gasteiger partial charge in [-0.2, -0.15) is 0 Å². The number of thiophene rings is 1. The summed E-state index contributed by atoms with van der Waals surface area (Å²) >= 11 is 1.89. The normalized spacial score (nSPS) is 14.8. The predicted octanol–water partition coefficient (Wildman–Crippen LogP) is 13.7. The highest BCUT2D eigenvalue weighted by atomic mass is 32.1. The van der Waals surface area contributed by atoms with Crippen LogP contribution in [0.1, 0.15) is 18.4 Å². The van der Waals surface area contributed by atoms with Crippen molar-refractivity contribution in [3.63, 3.8) is 0 Å². The summed E-state index contributed by atoms with van der Waals surface area (Å²) in [5, 5.41) is 7.72. The Balaban J connectivity index is 0.993. The maximum atomic E-state index is 6.10. The van der Waals surface area contributed by atoms with Gasteiger partial charge in [0.05, 0.1) is 21.8 Å². The van der Waals surface area contributed by atoms with Crippen LogP contribution in [0.15, 0.2) is 174 Å². The van der Waals surface area contributed by atoms with E-state index in [1.54, 1.807) is 0 Å². The lowest BCUT2D eigenvalue weighted by Gasteiger charge is -2.20. The minimum absolute atomic E-state index is 0.178. The molecule has 1 aliphatic carbocycles. The van der Waals surface area contributed by atoms with Crippen LogP contribution in [0, 0.1) is 0 Å².